The fraction of sp³-hybridized carbons (Fsp3) is 1.00. The van der Waals surface area contributed by atoms with Crippen LogP contribution < -0.4 is 0 Å². The SMILES string of the molecule is C[Si](C)(C)O[Si](C)(C)O[Si]O[Si](C)(C)O[Si][Si](=O)[Si](=O)[Si](=O)[Si](=O)[Si](=O)[Si](=O)O[Si](C)(C)O[Si](C)(C)C. The lowest BCUT2D eigenvalue weighted by Crippen LogP contribution is -2.53. The van der Waals surface area contributed by atoms with Crippen LogP contribution in [0.3, 0.4) is 0 Å². The van der Waals surface area contributed by atoms with Gasteiger partial charge in [0.1, 0.15) is 0 Å². The highest BCUT2D eigenvalue weighted by Crippen LogP contribution is 2.16. The molecule has 0 bridgehead atoms. The molecule has 0 rings (SSSR count). The maximum Gasteiger partial charge on any atom is 0.533 e. The highest BCUT2D eigenvalue weighted by Gasteiger charge is 2.49. The summed E-state index contributed by atoms with van der Waals surface area (Å²) in [5, 5.41) is 0. The summed E-state index contributed by atoms with van der Waals surface area (Å²) in [6.45, 7) is 22.4. The summed E-state index contributed by atoms with van der Waals surface area (Å²) in [6.07, 6.45) is 0. The van der Waals surface area contributed by atoms with Gasteiger partial charge in [-0.25, -0.2) is 0 Å². The predicted octanol–water partition coefficient (Wildman–Crippen LogP) is 0.932. The van der Waals surface area contributed by atoms with Crippen molar-refractivity contribution in [2.45, 2.75) is 78.6 Å². The van der Waals surface area contributed by atoms with Crippen molar-refractivity contribution in [2.75, 3.05) is 0 Å². The van der Waals surface area contributed by atoms with Gasteiger partial charge in [0.25, 0.3) is 9.28 Å². The average molecular weight is 738 g/mol. The largest absolute Gasteiger partial charge is 0.558 e. The molecule has 0 aliphatic heterocycles. The van der Waals surface area contributed by atoms with Gasteiger partial charge >= 0.3 is 82.7 Å². The lowest BCUT2D eigenvalue weighted by molar-refractivity contribution is 0.342. The van der Waals surface area contributed by atoms with Crippen molar-refractivity contribution < 1.29 is 51.5 Å². The Morgan fingerprint density at radius 3 is 1.35 bits per heavy atom. The van der Waals surface area contributed by atoms with E-state index in [0.29, 0.717) is 0 Å². The molecule has 0 spiro atoms. The second-order valence-corrected chi connectivity index (χ2v) is 60.1. The van der Waals surface area contributed by atoms with E-state index in [1.165, 1.54) is 0 Å². The van der Waals surface area contributed by atoms with E-state index in [4.69, 9.17) is 24.7 Å². The molecule has 0 atom stereocenters. The molecule has 0 N–H and O–H groups in total. The molecule has 0 aromatic carbocycles. The van der Waals surface area contributed by atoms with Crippen LogP contribution in [0.5, 0.6) is 0 Å². The van der Waals surface area contributed by atoms with Crippen LogP contribution in [0.1, 0.15) is 0 Å². The second-order valence-electron chi connectivity index (χ2n) is 11.2. The Bertz CT molecular complexity index is 923. The molecule has 0 aromatic heterocycles. The molecule has 0 aromatic rings. The number of rotatable bonds is 18. The molecular weight excluding hydrogens is 701 g/mol. The third-order valence-electron chi connectivity index (χ3n) is 3.42. The van der Waals surface area contributed by atoms with Gasteiger partial charge in [-0.05, 0) is 78.6 Å². The summed E-state index contributed by atoms with van der Waals surface area (Å²) >= 11 is 0. The zero-order valence-electron chi connectivity index (χ0n) is 23.4. The Morgan fingerprint density at radius 2 is 0.892 bits per heavy atom. The second kappa shape index (κ2) is 14.9. The molecule has 0 aliphatic carbocycles. The van der Waals surface area contributed by atoms with Crippen LogP contribution in [0.25, 0.3) is 0 Å². The van der Waals surface area contributed by atoms with Gasteiger partial charge < -0.3 is 51.5 Å². The van der Waals surface area contributed by atoms with E-state index in [2.05, 4.69) is 19.6 Å². The third kappa shape index (κ3) is 16.9. The normalized spacial score (nSPS) is 13.2. The van der Waals surface area contributed by atoms with Gasteiger partial charge in [-0.3, -0.25) is 0 Å². The summed E-state index contributed by atoms with van der Waals surface area (Å²) in [5.74, 6) is 0. The Kier molecular flexibility index (Phi) is 15.4. The van der Waals surface area contributed by atoms with Crippen LogP contribution in [0, 0.1) is 0 Å². The molecule has 37 heavy (non-hydrogen) atoms. The summed E-state index contributed by atoms with van der Waals surface area (Å²) < 4.78 is 110. The van der Waals surface area contributed by atoms with Gasteiger partial charge in [0.2, 0.25) is 0 Å². The maximum atomic E-state index is 12.6. The highest BCUT2D eigenvalue weighted by molar-refractivity contribution is 7.69. The van der Waals surface area contributed by atoms with Crippen molar-refractivity contribution in [3.8, 4) is 0 Å². The van der Waals surface area contributed by atoms with Gasteiger partial charge in [0.05, 0.1) is 0 Å². The van der Waals surface area contributed by atoms with Gasteiger partial charge in [0, 0.05) is 0 Å². The van der Waals surface area contributed by atoms with E-state index in [1.54, 1.807) is 26.2 Å². The lowest BCUT2D eigenvalue weighted by atomic mass is 11.8. The molecule has 0 fully saturated rings. The molecule has 4 radical (unpaired) electrons. The first-order valence-electron chi connectivity index (χ1n) is 11.2. The Labute approximate surface area is 237 Å². The van der Waals surface area contributed by atoms with Crippen molar-refractivity contribution in [2.24, 2.45) is 0 Å². The molecule has 0 saturated heterocycles. The van der Waals surface area contributed by atoms with E-state index >= 15 is 0 Å². The minimum absolute atomic E-state index is 0.353. The van der Waals surface area contributed by atoms with Crippen molar-refractivity contribution in [3.05, 3.63) is 0 Å². The van der Waals surface area contributed by atoms with Crippen LogP contribution in [0.15, 0.2) is 0 Å². The minimum atomic E-state index is -3.51. The maximum absolute atomic E-state index is 12.6. The van der Waals surface area contributed by atoms with Crippen LogP contribution in [0.2, 0.25) is 78.6 Å². The zero-order chi connectivity index (χ0) is 29.6. The fourth-order valence-corrected chi connectivity index (χ4v) is 74.9. The molecule has 12 nitrogen and oxygen atoms in total. The van der Waals surface area contributed by atoms with E-state index in [1.807, 2.05) is 32.7 Å². The standard InChI is InChI=1S/C12H36O12Si13/c1-33(2,3)23-36(9,10)20-25-19-35(7,8)21-26-28(14)30(16)32(18)31(17)29(15)27(13)22-37(11,12)24-34(4,5)6/h1-12H3. The van der Waals surface area contributed by atoms with Gasteiger partial charge in [-0.1, -0.05) is 0 Å². The first kappa shape index (κ1) is 38.2. The molecule has 0 aliphatic rings. The summed E-state index contributed by atoms with van der Waals surface area (Å²) in [6, 6.07) is 0. The van der Waals surface area contributed by atoms with E-state index < -0.39 is 98.6 Å². The van der Waals surface area contributed by atoms with Crippen LogP contribution >= 0.6 is 0 Å². The first-order chi connectivity index (χ1) is 16.3. The van der Waals surface area contributed by atoms with Crippen molar-refractivity contribution >= 4 is 109 Å². The zero-order valence-corrected chi connectivity index (χ0v) is 36.4. The summed E-state index contributed by atoms with van der Waals surface area (Å²) in [7, 11) is -33.2. The molecule has 25 heteroatoms. The molecule has 0 amide bonds. The van der Waals surface area contributed by atoms with Gasteiger partial charge in [-0.2, -0.15) is 0 Å². The topological polar surface area (TPSA) is 158 Å². The number of hydrogen-bond donors (Lipinski definition) is 0. The third-order valence-corrected chi connectivity index (χ3v) is 60.7. The van der Waals surface area contributed by atoms with Gasteiger partial charge in [-0.15, -0.1) is 0 Å². The minimum Gasteiger partial charge on any atom is -0.558 e. The Balaban J connectivity index is 4.91. The van der Waals surface area contributed by atoms with Crippen LogP contribution in [0.4, 0.5) is 0 Å². The van der Waals surface area contributed by atoms with Crippen LogP contribution in [-0.2, 0) is 51.5 Å². The Morgan fingerprint density at radius 1 is 0.486 bits per heavy atom. The van der Waals surface area contributed by atoms with Crippen molar-refractivity contribution in [1.29, 1.82) is 0 Å². The highest BCUT2D eigenvalue weighted by atomic mass is 30.0. The van der Waals surface area contributed by atoms with Gasteiger partial charge in [0.15, 0.2) is 16.6 Å². The molecular formula is C12H36O12Si13. The number of hydrogen-bond acceptors (Lipinski definition) is 12. The molecule has 0 heterocycles. The smallest absolute Gasteiger partial charge is 0.533 e. The predicted molar refractivity (Wildman–Crippen MR) is 156 cm³/mol. The van der Waals surface area contributed by atoms with Crippen LogP contribution in [-0.4, -0.2) is 109 Å². The van der Waals surface area contributed by atoms with E-state index in [-0.39, 0.29) is 10.0 Å². The fourth-order valence-electron chi connectivity index (χ4n) is 2.65. The molecule has 0 unspecified atom stereocenters. The van der Waals surface area contributed by atoms with Crippen molar-refractivity contribution in [3.63, 3.8) is 0 Å². The lowest BCUT2D eigenvalue weighted by Gasteiger charge is -2.31. The molecule has 208 valence electrons. The Hall–Kier alpha value is 1.22. The average Bonchev–Trinajstić information content (AvgIpc) is 2.65. The monoisotopic (exact) mass is 736 g/mol. The first-order valence-corrected chi connectivity index (χ1v) is 42.5. The quantitative estimate of drug-likeness (QED) is 0.184. The summed E-state index contributed by atoms with van der Waals surface area (Å²) in [5.41, 5.74) is 0. The van der Waals surface area contributed by atoms with E-state index in [9.17, 15) is 26.8 Å². The van der Waals surface area contributed by atoms with E-state index in [0.717, 1.165) is 0 Å². The molecule has 0 saturated carbocycles. The van der Waals surface area contributed by atoms with Crippen molar-refractivity contribution in [1.82, 2.24) is 0 Å². The summed E-state index contributed by atoms with van der Waals surface area (Å²) in [4.78, 5) is 0.